The van der Waals surface area contributed by atoms with Gasteiger partial charge in [-0.25, -0.2) is 4.39 Å². The van der Waals surface area contributed by atoms with Gasteiger partial charge in [0.1, 0.15) is 11.6 Å². The van der Waals surface area contributed by atoms with Gasteiger partial charge in [0.25, 0.3) is 5.91 Å². The van der Waals surface area contributed by atoms with E-state index >= 15 is 0 Å². The van der Waals surface area contributed by atoms with E-state index in [9.17, 15) is 9.18 Å². The maximum Gasteiger partial charge on any atom is 0.258 e. The van der Waals surface area contributed by atoms with Crippen LogP contribution in [0.4, 0.5) is 15.8 Å². The highest BCUT2D eigenvalue weighted by atomic mass is 79.9. The predicted octanol–water partition coefficient (Wildman–Crippen LogP) is 3.43. The molecule has 0 atom stereocenters. The van der Waals surface area contributed by atoms with Crippen LogP contribution >= 0.6 is 15.9 Å². The fourth-order valence-corrected chi connectivity index (χ4v) is 2.01. The van der Waals surface area contributed by atoms with Gasteiger partial charge in [-0.3, -0.25) is 4.79 Å². The van der Waals surface area contributed by atoms with Crippen molar-refractivity contribution in [2.75, 3.05) is 18.2 Å². The molecule has 0 saturated carbocycles. The Balaban J connectivity index is 2.28. The Bertz CT molecular complexity index is 662. The van der Waals surface area contributed by atoms with Gasteiger partial charge in [-0.1, -0.05) is 15.9 Å². The first-order valence-electron chi connectivity index (χ1n) is 5.71. The van der Waals surface area contributed by atoms with Crippen molar-refractivity contribution in [3.05, 3.63) is 52.3 Å². The highest BCUT2D eigenvalue weighted by molar-refractivity contribution is 9.10. The van der Waals surface area contributed by atoms with Gasteiger partial charge in [-0.2, -0.15) is 0 Å². The molecular formula is C14H12BrFN2O2. The van der Waals surface area contributed by atoms with Crippen molar-refractivity contribution in [1.29, 1.82) is 0 Å². The number of anilines is 2. The van der Waals surface area contributed by atoms with Crippen molar-refractivity contribution >= 4 is 33.2 Å². The zero-order valence-corrected chi connectivity index (χ0v) is 12.2. The second kappa shape index (κ2) is 5.92. The van der Waals surface area contributed by atoms with E-state index in [1.54, 1.807) is 24.3 Å². The maximum atomic E-state index is 13.7. The second-order valence-corrected chi connectivity index (χ2v) is 4.95. The Labute approximate surface area is 123 Å². The molecule has 0 aliphatic rings. The summed E-state index contributed by atoms with van der Waals surface area (Å²) in [7, 11) is 1.46. The molecule has 0 spiro atoms. The zero-order valence-electron chi connectivity index (χ0n) is 10.6. The number of carbonyl (C=O) groups excluding carboxylic acids is 1. The quantitative estimate of drug-likeness (QED) is 0.842. The number of methoxy groups -OCH3 is 1. The minimum Gasteiger partial charge on any atom is -0.494 e. The average Bonchev–Trinajstić information content (AvgIpc) is 2.40. The van der Waals surface area contributed by atoms with Gasteiger partial charge in [-0.05, 0) is 30.3 Å². The normalized spacial score (nSPS) is 10.2. The summed E-state index contributed by atoms with van der Waals surface area (Å²) in [6, 6.07) is 9.03. The van der Waals surface area contributed by atoms with Gasteiger partial charge in [-0.15, -0.1) is 0 Å². The van der Waals surface area contributed by atoms with E-state index in [2.05, 4.69) is 21.2 Å². The van der Waals surface area contributed by atoms with Gasteiger partial charge >= 0.3 is 0 Å². The Morgan fingerprint density at radius 2 is 2.05 bits per heavy atom. The number of ether oxygens (including phenoxy) is 1. The van der Waals surface area contributed by atoms with Crippen molar-refractivity contribution < 1.29 is 13.9 Å². The van der Waals surface area contributed by atoms with E-state index in [1.807, 2.05) is 0 Å². The first kappa shape index (κ1) is 14.3. The van der Waals surface area contributed by atoms with E-state index in [0.29, 0.717) is 21.6 Å². The summed E-state index contributed by atoms with van der Waals surface area (Å²) in [5, 5.41) is 2.59. The van der Waals surface area contributed by atoms with Gasteiger partial charge < -0.3 is 15.8 Å². The molecule has 20 heavy (non-hydrogen) atoms. The monoisotopic (exact) mass is 338 g/mol. The van der Waals surface area contributed by atoms with Crippen LogP contribution < -0.4 is 15.8 Å². The molecule has 0 aliphatic heterocycles. The van der Waals surface area contributed by atoms with Crippen LogP contribution in [0.1, 0.15) is 10.4 Å². The molecule has 0 aliphatic carbocycles. The topological polar surface area (TPSA) is 64.3 Å². The summed E-state index contributed by atoms with van der Waals surface area (Å²) in [4.78, 5) is 12.0. The third kappa shape index (κ3) is 3.08. The molecule has 0 bridgehead atoms. The number of nitrogens with two attached hydrogens (primary N) is 1. The molecule has 4 nitrogen and oxygen atoms in total. The number of nitrogen functional groups attached to an aromatic ring is 1. The third-order valence-corrected chi connectivity index (χ3v) is 3.14. The lowest BCUT2D eigenvalue weighted by atomic mass is 10.2. The molecule has 3 N–H and O–H groups in total. The van der Waals surface area contributed by atoms with Crippen LogP contribution in [-0.2, 0) is 0 Å². The maximum absolute atomic E-state index is 13.7. The molecule has 1 amide bonds. The number of hydrogen-bond acceptors (Lipinski definition) is 3. The number of benzene rings is 2. The van der Waals surface area contributed by atoms with Crippen molar-refractivity contribution in [2.24, 2.45) is 0 Å². The summed E-state index contributed by atoms with van der Waals surface area (Å²) in [6.45, 7) is 0. The molecule has 0 radical (unpaired) electrons. The fourth-order valence-electron chi connectivity index (χ4n) is 1.67. The molecule has 0 saturated heterocycles. The molecule has 0 aromatic heterocycles. The standard InChI is InChI=1S/C14H12BrFN2O2/c1-20-13-7-9(17)3-5-12(13)18-14(19)10-4-2-8(15)6-11(10)16/h2-7H,17H2,1H3,(H,18,19). The molecule has 104 valence electrons. The van der Waals surface area contributed by atoms with E-state index in [1.165, 1.54) is 19.2 Å². The minimum absolute atomic E-state index is 0.0490. The largest absolute Gasteiger partial charge is 0.494 e. The molecule has 0 heterocycles. The second-order valence-electron chi connectivity index (χ2n) is 4.04. The zero-order chi connectivity index (χ0) is 14.7. The molecule has 2 aromatic carbocycles. The molecular weight excluding hydrogens is 327 g/mol. The van der Waals surface area contributed by atoms with E-state index in [4.69, 9.17) is 10.5 Å². The lowest BCUT2D eigenvalue weighted by Gasteiger charge is -2.11. The molecule has 6 heteroatoms. The third-order valence-electron chi connectivity index (χ3n) is 2.65. The van der Waals surface area contributed by atoms with Crippen LogP contribution in [-0.4, -0.2) is 13.0 Å². The number of amides is 1. The average molecular weight is 339 g/mol. The van der Waals surface area contributed by atoms with Gasteiger partial charge in [0.15, 0.2) is 0 Å². The lowest BCUT2D eigenvalue weighted by Crippen LogP contribution is -2.14. The van der Waals surface area contributed by atoms with Gasteiger partial charge in [0.05, 0.1) is 18.4 Å². The SMILES string of the molecule is COc1cc(N)ccc1NC(=O)c1ccc(Br)cc1F. The summed E-state index contributed by atoms with van der Waals surface area (Å²) in [5.41, 5.74) is 6.51. The summed E-state index contributed by atoms with van der Waals surface area (Å²) >= 11 is 3.14. The summed E-state index contributed by atoms with van der Waals surface area (Å²) in [6.07, 6.45) is 0. The first-order chi connectivity index (χ1) is 9.51. The van der Waals surface area contributed by atoms with Crippen molar-refractivity contribution in [3.8, 4) is 5.75 Å². The smallest absolute Gasteiger partial charge is 0.258 e. The highest BCUT2D eigenvalue weighted by Crippen LogP contribution is 2.27. The lowest BCUT2D eigenvalue weighted by molar-refractivity contribution is 0.102. The Morgan fingerprint density at radius 1 is 1.30 bits per heavy atom. The van der Waals surface area contributed by atoms with Crippen molar-refractivity contribution in [1.82, 2.24) is 0 Å². The van der Waals surface area contributed by atoms with E-state index in [-0.39, 0.29) is 5.56 Å². The van der Waals surface area contributed by atoms with Crippen LogP contribution in [0, 0.1) is 5.82 Å². The number of hydrogen-bond donors (Lipinski definition) is 2. The molecule has 2 aromatic rings. The molecule has 2 rings (SSSR count). The Kier molecular flexibility index (Phi) is 4.24. The number of halogens is 2. The van der Waals surface area contributed by atoms with E-state index < -0.39 is 11.7 Å². The van der Waals surface area contributed by atoms with Crippen LogP contribution in [0.25, 0.3) is 0 Å². The predicted molar refractivity (Wildman–Crippen MR) is 79.5 cm³/mol. The number of rotatable bonds is 3. The minimum atomic E-state index is -0.605. The Morgan fingerprint density at radius 3 is 2.70 bits per heavy atom. The van der Waals surface area contributed by atoms with Crippen LogP contribution in [0.3, 0.4) is 0 Å². The summed E-state index contributed by atoms with van der Waals surface area (Å²) < 4.78 is 19.4. The number of nitrogens with one attached hydrogen (secondary N) is 1. The highest BCUT2D eigenvalue weighted by Gasteiger charge is 2.14. The van der Waals surface area contributed by atoms with Gasteiger partial charge in [0, 0.05) is 16.2 Å². The molecule has 0 fully saturated rings. The van der Waals surface area contributed by atoms with Crippen LogP contribution in [0.5, 0.6) is 5.75 Å². The summed E-state index contributed by atoms with van der Waals surface area (Å²) in [5.74, 6) is -0.750. The van der Waals surface area contributed by atoms with Crippen LogP contribution in [0.15, 0.2) is 40.9 Å². The Hall–Kier alpha value is -2.08. The number of carbonyl (C=O) groups is 1. The molecule has 0 unspecified atom stereocenters. The first-order valence-corrected chi connectivity index (χ1v) is 6.50. The van der Waals surface area contributed by atoms with E-state index in [0.717, 1.165) is 0 Å². The van der Waals surface area contributed by atoms with Gasteiger partial charge in [0.2, 0.25) is 0 Å². The van der Waals surface area contributed by atoms with Crippen molar-refractivity contribution in [3.63, 3.8) is 0 Å². The fraction of sp³-hybridized carbons (Fsp3) is 0.0714. The van der Waals surface area contributed by atoms with Crippen molar-refractivity contribution in [2.45, 2.75) is 0 Å². The van der Waals surface area contributed by atoms with Crippen LogP contribution in [0.2, 0.25) is 0 Å².